The van der Waals surface area contributed by atoms with Gasteiger partial charge in [-0.15, -0.1) is 0 Å². The van der Waals surface area contributed by atoms with Gasteiger partial charge >= 0.3 is 0 Å². The van der Waals surface area contributed by atoms with Gasteiger partial charge in [0.05, 0.1) is 13.1 Å². The topological polar surface area (TPSA) is 94.1 Å². The normalized spacial score (nSPS) is 19.3. The number of halogens is 1. The minimum atomic E-state index is -0.461. The van der Waals surface area contributed by atoms with Crippen molar-refractivity contribution in [3.8, 4) is 17.4 Å². The maximum absolute atomic E-state index is 13.3. The zero-order chi connectivity index (χ0) is 38.0. The molecule has 7 rings (SSSR count). The van der Waals surface area contributed by atoms with E-state index in [1.54, 1.807) is 13.8 Å². The minimum absolute atomic E-state index is 0.0803. The summed E-state index contributed by atoms with van der Waals surface area (Å²) in [5.74, 6) is 2.86. The molecule has 2 saturated heterocycles. The van der Waals surface area contributed by atoms with Crippen LogP contribution in [0, 0.1) is 5.95 Å². The van der Waals surface area contributed by atoms with E-state index in [0.717, 1.165) is 86.2 Å². The summed E-state index contributed by atoms with van der Waals surface area (Å²) in [6, 6.07) is 23.5. The fourth-order valence-corrected chi connectivity index (χ4v) is 7.26. The van der Waals surface area contributed by atoms with Crippen molar-refractivity contribution in [1.29, 1.82) is 0 Å². The third kappa shape index (κ3) is 11.0. The third-order valence-electron chi connectivity index (χ3n) is 10.5. The van der Waals surface area contributed by atoms with Crippen LogP contribution in [0.15, 0.2) is 85.2 Å². The molecule has 54 heavy (non-hydrogen) atoms. The van der Waals surface area contributed by atoms with E-state index in [9.17, 15) is 14.0 Å². The van der Waals surface area contributed by atoms with Crippen molar-refractivity contribution in [2.24, 2.45) is 0 Å². The zero-order valence-corrected chi connectivity index (χ0v) is 32.0. The van der Waals surface area contributed by atoms with Gasteiger partial charge in [0.2, 0.25) is 11.8 Å². The standard InChI is InChI=1S/C24H30N2O3.C20H23FN2O2/c1-17(14-18(2)27)19-6-8-22(9-7-19)28-23-11-13-26(16-23)20-10-12-25-24(15-20)29-21-4-3-5-21;1-14(11-15(2)24)16-3-5-18(6-4-16)25-19-8-10-23(13-19)17-7-9-22-20(21)12-17/h6-10,12,15,17,21,23H,3-5,11,13-14,16H2,1-2H3;3-7,9,12,14,19H,8,10-11,13H2,1-2H3/t17-,23-;14-,19-/m11/s1. The Bertz CT molecular complexity index is 1830. The molecule has 4 heterocycles. The first-order valence-corrected chi connectivity index (χ1v) is 19.3. The molecule has 4 aromatic rings. The molecule has 10 heteroatoms. The highest BCUT2D eigenvalue weighted by Gasteiger charge is 2.27. The van der Waals surface area contributed by atoms with Crippen LogP contribution in [0.1, 0.15) is 95.6 Å². The van der Waals surface area contributed by atoms with E-state index in [0.29, 0.717) is 18.9 Å². The van der Waals surface area contributed by atoms with Gasteiger partial charge in [0, 0.05) is 74.7 Å². The number of pyridine rings is 2. The largest absolute Gasteiger partial charge is 0.489 e. The van der Waals surface area contributed by atoms with Crippen molar-refractivity contribution >= 4 is 22.9 Å². The fourth-order valence-electron chi connectivity index (χ4n) is 7.26. The van der Waals surface area contributed by atoms with Crippen molar-refractivity contribution in [2.75, 3.05) is 36.0 Å². The average molecular weight is 737 g/mol. The predicted octanol–water partition coefficient (Wildman–Crippen LogP) is 8.71. The van der Waals surface area contributed by atoms with E-state index in [1.807, 2.05) is 60.8 Å². The summed E-state index contributed by atoms with van der Waals surface area (Å²) < 4.78 is 31.5. The van der Waals surface area contributed by atoms with Gasteiger partial charge < -0.3 is 33.6 Å². The molecule has 1 aliphatic carbocycles. The number of carbonyl (C=O) groups is 2. The molecule has 9 nitrogen and oxygen atoms in total. The van der Waals surface area contributed by atoms with E-state index in [-0.39, 0.29) is 35.6 Å². The molecule has 0 unspecified atom stereocenters. The lowest BCUT2D eigenvalue weighted by Gasteiger charge is -2.26. The first kappa shape index (κ1) is 38.7. The van der Waals surface area contributed by atoms with Gasteiger partial charge in [-0.25, -0.2) is 9.97 Å². The summed E-state index contributed by atoms with van der Waals surface area (Å²) in [6.07, 6.45) is 10.5. The molecule has 3 fully saturated rings. The lowest BCUT2D eigenvalue weighted by Crippen LogP contribution is -2.26. The van der Waals surface area contributed by atoms with E-state index < -0.39 is 5.95 Å². The van der Waals surface area contributed by atoms with Gasteiger partial charge in [0.25, 0.3) is 0 Å². The van der Waals surface area contributed by atoms with Crippen molar-refractivity contribution in [3.05, 3.63) is 102 Å². The number of aromatic nitrogens is 2. The molecular weight excluding hydrogens is 684 g/mol. The van der Waals surface area contributed by atoms with Crippen molar-refractivity contribution in [1.82, 2.24) is 9.97 Å². The highest BCUT2D eigenvalue weighted by molar-refractivity contribution is 5.76. The van der Waals surface area contributed by atoms with Crippen LogP contribution >= 0.6 is 0 Å². The van der Waals surface area contributed by atoms with Crippen LogP contribution in [0.4, 0.5) is 15.8 Å². The highest BCUT2D eigenvalue weighted by atomic mass is 19.1. The molecule has 1 saturated carbocycles. The Morgan fingerprint density at radius 2 is 1.15 bits per heavy atom. The molecule has 0 spiro atoms. The maximum atomic E-state index is 13.3. The van der Waals surface area contributed by atoms with Gasteiger partial charge in [-0.3, -0.25) is 0 Å². The maximum Gasteiger partial charge on any atom is 0.215 e. The summed E-state index contributed by atoms with van der Waals surface area (Å²) in [5.41, 5.74) is 4.31. The Hall–Kier alpha value is -4.99. The molecular formula is C44H53FN4O5. The monoisotopic (exact) mass is 736 g/mol. The summed E-state index contributed by atoms with van der Waals surface area (Å²) in [6.45, 7) is 10.8. The minimum Gasteiger partial charge on any atom is -0.489 e. The average Bonchev–Trinajstić information content (AvgIpc) is 3.80. The van der Waals surface area contributed by atoms with Crippen molar-refractivity contribution < 1.29 is 28.2 Å². The lowest BCUT2D eigenvalue weighted by molar-refractivity contribution is -0.118. The summed E-state index contributed by atoms with van der Waals surface area (Å²) in [7, 11) is 0. The number of anilines is 2. The molecule has 2 aliphatic heterocycles. The lowest BCUT2D eigenvalue weighted by atomic mass is 9.96. The predicted molar refractivity (Wildman–Crippen MR) is 210 cm³/mol. The zero-order valence-electron chi connectivity index (χ0n) is 32.0. The second-order valence-electron chi connectivity index (χ2n) is 15.1. The van der Waals surface area contributed by atoms with Gasteiger partial charge in [0.1, 0.15) is 41.4 Å². The molecule has 2 aromatic heterocycles. The number of ketones is 2. The van der Waals surface area contributed by atoms with Crippen molar-refractivity contribution in [3.63, 3.8) is 0 Å². The van der Waals surface area contributed by atoms with Gasteiger partial charge in [-0.2, -0.15) is 4.39 Å². The van der Waals surface area contributed by atoms with Gasteiger partial charge in [-0.1, -0.05) is 38.1 Å². The quantitative estimate of drug-likeness (QED) is 0.118. The van der Waals surface area contributed by atoms with Crippen LogP contribution in [-0.4, -0.2) is 66.0 Å². The van der Waals surface area contributed by atoms with Crippen LogP contribution in [0.25, 0.3) is 0 Å². The number of nitrogens with zero attached hydrogens (tertiary/aromatic N) is 4. The molecule has 4 atom stereocenters. The number of Topliss-reactive ketones (excluding diaryl/α,β-unsaturated/α-hetero) is 2. The second-order valence-corrected chi connectivity index (χ2v) is 15.1. The Morgan fingerprint density at radius 1 is 0.667 bits per heavy atom. The highest BCUT2D eigenvalue weighted by Crippen LogP contribution is 2.30. The summed E-state index contributed by atoms with van der Waals surface area (Å²) in [5, 5.41) is 0. The van der Waals surface area contributed by atoms with Crippen LogP contribution in [0.2, 0.25) is 0 Å². The van der Waals surface area contributed by atoms with E-state index in [2.05, 4.69) is 45.7 Å². The molecule has 0 amide bonds. The smallest absolute Gasteiger partial charge is 0.215 e. The summed E-state index contributed by atoms with van der Waals surface area (Å²) in [4.78, 5) is 35.0. The number of rotatable bonds is 14. The molecule has 0 radical (unpaired) electrons. The van der Waals surface area contributed by atoms with E-state index in [1.165, 1.54) is 24.2 Å². The van der Waals surface area contributed by atoms with Crippen LogP contribution < -0.4 is 24.0 Å². The van der Waals surface area contributed by atoms with Crippen LogP contribution in [-0.2, 0) is 9.59 Å². The Morgan fingerprint density at radius 3 is 1.59 bits per heavy atom. The van der Waals surface area contributed by atoms with Gasteiger partial charge in [-0.05, 0) is 92.5 Å². The Balaban J connectivity index is 0.000000186. The fraction of sp³-hybridized carbons (Fsp3) is 0.455. The Labute approximate surface area is 318 Å². The first-order valence-electron chi connectivity index (χ1n) is 19.3. The number of ether oxygens (including phenoxy) is 3. The second kappa shape index (κ2) is 18.4. The molecule has 2 aromatic carbocycles. The molecule has 0 N–H and O–H groups in total. The van der Waals surface area contributed by atoms with E-state index in [4.69, 9.17) is 14.2 Å². The number of benzene rings is 2. The summed E-state index contributed by atoms with van der Waals surface area (Å²) >= 11 is 0. The third-order valence-corrected chi connectivity index (χ3v) is 10.5. The molecule has 286 valence electrons. The number of hydrogen-bond acceptors (Lipinski definition) is 9. The van der Waals surface area contributed by atoms with Gasteiger partial charge in [0.15, 0.2) is 0 Å². The SMILES string of the molecule is CC(=O)C[C@@H](C)c1ccc(O[C@@H]2CCN(c3ccnc(F)c3)C2)cc1.CC(=O)C[C@@H](C)c1ccc(O[C@@H]2CCN(c3ccnc(OC4CCC4)c3)C2)cc1. The molecule has 3 aliphatic rings. The molecule has 0 bridgehead atoms. The number of hydrogen-bond donors (Lipinski definition) is 0. The number of carbonyl (C=O) groups excluding carboxylic acids is 2. The van der Waals surface area contributed by atoms with Crippen LogP contribution in [0.5, 0.6) is 17.4 Å². The first-order chi connectivity index (χ1) is 26.1. The van der Waals surface area contributed by atoms with E-state index >= 15 is 0 Å². The Kier molecular flexibility index (Phi) is 13.2. The van der Waals surface area contributed by atoms with Crippen molar-refractivity contribution in [2.45, 2.75) is 103 Å². The van der Waals surface area contributed by atoms with Crippen LogP contribution in [0.3, 0.4) is 0 Å².